The van der Waals surface area contributed by atoms with Crippen molar-refractivity contribution in [2.45, 2.75) is 32.7 Å². The van der Waals surface area contributed by atoms with E-state index in [1.165, 1.54) is 0 Å². The van der Waals surface area contributed by atoms with Gasteiger partial charge in [-0.3, -0.25) is 9.20 Å². The third-order valence-electron chi connectivity index (χ3n) is 4.33. The largest absolute Gasteiger partial charge is 0.450 e. The molecule has 25 heavy (non-hydrogen) atoms. The fourth-order valence-electron chi connectivity index (χ4n) is 3.08. The number of hydrogen-bond acceptors (Lipinski definition) is 4. The fraction of sp³-hybridized carbons (Fsp3) is 0.471. The van der Waals surface area contributed by atoms with E-state index in [1.807, 2.05) is 25.3 Å². The number of halogens is 1. The molecule has 0 saturated carbocycles. The highest BCUT2D eigenvalue weighted by Gasteiger charge is 2.26. The Morgan fingerprint density at radius 2 is 2.08 bits per heavy atom. The van der Waals surface area contributed by atoms with Gasteiger partial charge in [0.25, 0.3) is 5.91 Å². The first kappa shape index (κ1) is 17.7. The zero-order chi connectivity index (χ0) is 18.0. The van der Waals surface area contributed by atoms with Crippen molar-refractivity contribution in [3.63, 3.8) is 0 Å². The maximum Gasteiger partial charge on any atom is 0.409 e. The Bertz CT molecular complexity index is 797. The molecule has 2 amide bonds. The minimum atomic E-state index is -0.283. The lowest BCUT2D eigenvalue weighted by atomic mass is 10.1. The normalized spacial score (nSPS) is 15.4. The van der Waals surface area contributed by atoms with Crippen LogP contribution in [0.3, 0.4) is 0 Å². The molecule has 0 atom stereocenters. The molecule has 0 bridgehead atoms. The van der Waals surface area contributed by atoms with Crippen LogP contribution in [0.1, 0.15) is 35.9 Å². The first-order valence-corrected chi connectivity index (χ1v) is 9.15. The lowest BCUT2D eigenvalue weighted by Crippen LogP contribution is -2.47. The third kappa shape index (κ3) is 3.78. The molecule has 0 aromatic carbocycles. The van der Waals surface area contributed by atoms with Crippen molar-refractivity contribution in [3.05, 3.63) is 34.2 Å². The van der Waals surface area contributed by atoms with E-state index in [0.717, 1.165) is 10.1 Å². The number of piperidine rings is 1. The van der Waals surface area contributed by atoms with Crippen LogP contribution in [-0.2, 0) is 4.74 Å². The number of nitrogens with one attached hydrogen (secondary N) is 1. The zero-order valence-electron chi connectivity index (χ0n) is 14.3. The van der Waals surface area contributed by atoms with Crippen molar-refractivity contribution in [1.29, 1.82) is 0 Å². The average Bonchev–Trinajstić information content (AvgIpc) is 2.90. The monoisotopic (exact) mass is 408 g/mol. The Morgan fingerprint density at radius 3 is 2.76 bits per heavy atom. The number of amides is 2. The Hall–Kier alpha value is -2.09. The van der Waals surface area contributed by atoms with Crippen LogP contribution < -0.4 is 5.32 Å². The summed E-state index contributed by atoms with van der Waals surface area (Å²) < 4.78 is 7.69. The number of likely N-dealkylation sites (tertiary alicyclic amines) is 1. The highest BCUT2D eigenvalue weighted by molar-refractivity contribution is 9.10. The zero-order valence-corrected chi connectivity index (χ0v) is 15.9. The van der Waals surface area contributed by atoms with Gasteiger partial charge in [-0.15, -0.1) is 0 Å². The number of carbonyl (C=O) groups is 2. The van der Waals surface area contributed by atoms with E-state index in [1.54, 1.807) is 16.2 Å². The van der Waals surface area contributed by atoms with Crippen LogP contribution in [0.4, 0.5) is 4.79 Å². The third-order valence-corrected chi connectivity index (χ3v) is 4.80. The van der Waals surface area contributed by atoms with Gasteiger partial charge in [0, 0.05) is 29.8 Å². The van der Waals surface area contributed by atoms with Crippen LogP contribution in [0.2, 0.25) is 0 Å². The number of imidazole rings is 1. The minimum Gasteiger partial charge on any atom is -0.450 e. The van der Waals surface area contributed by atoms with Crippen molar-refractivity contribution in [1.82, 2.24) is 19.6 Å². The number of carbonyl (C=O) groups excluding carboxylic acids is 2. The van der Waals surface area contributed by atoms with Crippen molar-refractivity contribution in [2.75, 3.05) is 19.7 Å². The lowest BCUT2D eigenvalue weighted by molar-refractivity contribution is 0.0855. The predicted molar refractivity (Wildman–Crippen MR) is 96.7 cm³/mol. The van der Waals surface area contributed by atoms with Gasteiger partial charge in [0.2, 0.25) is 0 Å². The maximum atomic E-state index is 12.7. The number of pyridine rings is 1. The van der Waals surface area contributed by atoms with E-state index in [-0.39, 0.29) is 18.0 Å². The van der Waals surface area contributed by atoms with Crippen molar-refractivity contribution in [3.8, 4) is 0 Å². The van der Waals surface area contributed by atoms with Crippen LogP contribution in [0.15, 0.2) is 22.8 Å². The molecule has 8 heteroatoms. The molecule has 2 aromatic rings. The Kier molecular flexibility index (Phi) is 5.27. The minimum absolute atomic E-state index is 0.0373. The first-order chi connectivity index (χ1) is 12.0. The van der Waals surface area contributed by atoms with Crippen LogP contribution in [0.5, 0.6) is 0 Å². The summed E-state index contributed by atoms with van der Waals surface area (Å²) in [4.78, 5) is 30.6. The molecular formula is C17H21BrN4O3. The number of hydrogen-bond donors (Lipinski definition) is 1. The molecule has 0 aliphatic carbocycles. The van der Waals surface area contributed by atoms with Gasteiger partial charge in [0.15, 0.2) is 0 Å². The van der Waals surface area contributed by atoms with E-state index in [9.17, 15) is 9.59 Å². The Balaban J connectivity index is 1.67. The summed E-state index contributed by atoms with van der Waals surface area (Å²) in [6, 6.07) is 3.80. The number of fused-ring (bicyclic) bond motifs is 1. The molecule has 1 N–H and O–H groups in total. The number of aryl methyl sites for hydroxylation is 1. The van der Waals surface area contributed by atoms with E-state index in [4.69, 9.17) is 4.74 Å². The SMILES string of the molecule is CCOC(=O)N1CCC(NC(=O)c2c(C)nc3ccc(Br)cn23)CC1. The summed E-state index contributed by atoms with van der Waals surface area (Å²) in [5, 5.41) is 3.07. The molecule has 1 aliphatic heterocycles. The summed E-state index contributed by atoms with van der Waals surface area (Å²) in [6.45, 7) is 5.17. The number of aromatic nitrogens is 2. The van der Waals surface area contributed by atoms with Gasteiger partial charge >= 0.3 is 6.09 Å². The van der Waals surface area contributed by atoms with Crippen molar-refractivity contribution >= 4 is 33.6 Å². The summed E-state index contributed by atoms with van der Waals surface area (Å²) in [6.07, 6.45) is 2.98. The molecule has 1 saturated heterocycles. The van der Waals surface area contributed by atoms with E-state index in [0.29, 0.717) is 43.9 Å². The van der Waals surface area contributed by atoms with Crippen LogP contribution in [0.25, 0.3) is 5.65 Å². The molecule has 0 unspecified atom stereocenters. The van der Waals surface area contributed by atoms with Crippen LogP contribution in [0, 0.1) is 6.92 Å². The van der Waals surface area contributed by atoms with Gasteiger partial charge in [0.1, 0.15) is 11.3 Å². The molecule has 7 nitrogen and oxygen atoms in total. The smallest absolute Gasteiger partial charge is 0.409 e. The van der Waals surface area contributed by atoms with Crippen LogP contribution >= 0.6 is 15.9 Å². The molecule has 0 spiro atoms. The lowest BCUT2D eigenvalue weighted by Gasteiger charge is -2.31. The quantitative estimate of drug-likeness (QED) is 0.846. The number of rotatable bonds is 3. The highest BCUT2D eigenvalue weighted by Crippen LogP contribution is 2.18. The molecule has 3 heterocycles. The van der Waals surface area contributed by atoms with Gasteiger partial charge < -0.3 is 15.0 Å². The van der Waals surface area contributed by atoms with Gasteiger partial charge in [-0.2, -0.15) is 0 Å². The second-order valence-electron chi connectivity index (χ2n) is 6.06. The van der Waals surface area contributed by atoms with E-state index < -0.39 is 0 Å². The Morgan fingerprint density at radius 1 is 1.36 bits per heavy atom. The number of ether oxygens (including phenoxy) is 1. The first-order valence-electron chi connectivity index (χ1n) is 8.36. The van der Waals surface area contributed by atoms with Crippen molar-refractivity contribution in [2.24, 2.45) is 0 Å². The standard InChI is InChI=1S/C17H21BrN4O3/c1-3-25-17(24)21-8-6-13(7-9-21)20-16(23)15-11(2)19-14-5-4-12(18)10-22(14)15/h4-5,10,13H,3,6-9H2,1-2H3,(H,20,23). The van der Waals surface area contributed by atoms with E-state index >= 15 is 0 Å². The van der Waals surface area contributed by atoms with Crippen molar-refractivity contribution < 1.29 is 14.3 Å². The average molecular weight is 409 g/mol. The van der Waals surface area contributed by atoms with Gasteiger partial charge in [0.05, 0.1) is 12.3 Å². The molecule has 1 aliphatic rings. The van der Waals surface area contributed by atoms with Crippen LogP contribution in [-0.4, -0.2) is 52.0 Å². The number of nitrogens with zero attached hydrogens (tertiary/aromatic N) is 3. The Labute approximate surface area is 154 Å². The molecule has 0 radical (unpaired) electrons. The topological polar surface area (TPSA) is 75.9 Å². The fourth-order valence-corrected chi connectivity index (χ4v) is 3.42. The predicted octanol–water partition coefficient (Wildman–Crippen LogP) is 2.76. The van der Waals surface area contributed by atoms with Gasteiger partial charge in [-0.05, 0) is 54.8 Å². The molecule has 2 aromatic heterocycles. The molecular weight excluding hydrogens is 388 g/mol. The second-order valence-corrected chi connectivity index (χ2v) is 6.97. The summed E-state index contributed by atoms with van der Waals surface area (Å²) in [7, 11) is 0. The molecule has 134 valence electrons. The second kappa shape index (κ2) is 7.43. The van der Waals surface area contributed by atoms with Gasteiger partial charge in [-0.1, -0.05) is 0 Å². The summed E-state index contributed by atoms with van der Waals surface area (Å²) >= 11 is 3.43. The molecule has 1 fully saturated rings. The highest BCUT2D eigenvalue weighted by atomic mass is 79.9. The van der Waals surface area contributed by atoms with Gasteiger partial charge in [-0.25, -0.2) is 9.78 Å². The molecule has 3 rings (SSSR count). The summed E-state index contributed by atoms with van der Waals surface area (Å²) in [5.74, 6) is -0.141. The van der Waals surface area contributed by atoms with E-state index in [2.05, 4.69) is 26.2 Å². The maximum absolute atomic E-state index is 12.7. The summed E-state index contributed by atoms with van der Waals surface area (Å²) in [5.41, 5.74) is 1.98.